The van der Waals surface area contributed by atoms with Crippen LogP contribution in [0.2, 0.25) is 0 Å². The van der Waals surface area contributed by atoms with Crippen molar-refractivity contribution in [3.63, 3.8) is 0 Å². The van der Waals surface area contributed by atoms with E-state index >= 15 is 0 Å². The van der Waals surface area contributed by atoms with Crippen LogP contribution in [0.25, 0.3) is 0 Å². The van der Waals surface area contributed by atoms with Crippen molar-refractivity contribution in [2.75, 3.05) is 0 Å². The zero-order chi connectivity index (χ0) is 13.4. The molecule has 0 saturated heterocycles. The third-order valence-corrected chi connectivity index (χ3v) is 3.98. The van der Waals surface area contributed by atoms with Crippen LogP contribution in [0.3, 0.4) is 0 Å². The van der Waals surface area contributed by atoms with Crippen LogP contribution in [0.4, 0.5) is 4.39 Å². The van der Waals surface area contributed by atoms with E-state index in [0.717, 1.165) is 12.0 Å². The molecular formula is C17H17FO. The summed E-state index contributed by atoms with van der Waals surface area (Å²) in [5.41, 5.74) is 3.94. The second-order valence-electron chi connectivity index (χ2n) is 5.38. The van der Waals surface area contributed by atoms with E-state index in [0.29, 0.717) is 17.9 Å². The molecule has 19 heavy (non-hydrogen) atoms. The molecule has 0 aliphatic heterocycles. The van der Waals surface area contributed by atoms with Crippen molar-refractivity contribution in [1.82, 2.24) is 0 Å². The highest BCUT2D eigenvalue weighted by Crippen LogP contribution is 2.40. The second-order valence-corrected chi connectivity index (χ2v) is 5.38. The van der Waals surface area contributed by atoms with Gasteiger partial charge in [0.25, 0.3) is 0 Å². The van der Waals surface area contributed by atoms with Crippen LogP contribution in [0.15, 0.2) is 42.5 Å². The Hall–Kier alpha value is -1.67. The number of aryl methyl sites for hydroxylation is 1. The van der Waals surface area contributed by atoms with E-state index in [1.54, 1.807) is 6.07 Å². The van der Waals surface area contributed by atoms with Gasteiger partial charge in [0.2, 0.25) is 0 Å². The van der Waals surface area contributed by atoms with Gasteiger partial charge in [0, 0.05) is 5.56 Å². The summed E-state index contributed by atoms with van der Waals surface area (Å²) in [6, 6.07) is 13.3. The summed E-state index contributed by atoms with van der Waals surface area (Å²) in [6.45, 7) is 1.85. The van der Waals surface area contributed by atoms with Crippen molar-refractivity contribution < 1.29 is 9.50 Å². The van der Waals surface area contributed by atoms with Crippen LogP contribution in [0.5, 0.6) is 0 Å². The highest BCUT2D eigenvalue weighted by Gasteiger charge is 2.28. The lowest BCUT2D eigenvalue weighted by atomic mass is 9.74. The first-order valence-electron chi connectivity index (χ1n) is 6.67. The Labute approximate surface area is 112 Å². The van der Waals surface area contributed by atoms with Crippen LogP contribution in [0, 0.1) is 12.7 Å². The number of hydrogen-bond donors (Lipinski definition) is 1. The minimum absolute atomic E-state index is 0.305. The molecule has 2 atom stereocenters. The number of benzene rings is 2. The smallest absolute Gasteiger partial charge is 0.129 e. The SMILES string of the molecule is Cc1ccc(C(O)CC2Cc3ccccc32)c(F)c1. The molecule has 1 aliphatic carbocycles. The summed E-state index contributed by atoms with van der Waals surface area (Å²) in [4.78, 5) is 0. The average Bonchev–Trinajstić information content (AvgIpc) is 2.35. The topological polar surface area (TPSA) is 20.2 Å². The van der Waals surface area contributed by atoms with Crippen LogP contribution < -0.4 is 0 Å². The van der Waals surface area contributed by atoms with Crippen molar-refractivity contribution in [3.8, 4) is 0 Å². The molecule has 0 amide bonds. The van der Waals surface area contributed by atoms with Crippen molar-refractivity contribution in [1.29, 1.82) is 0 Å². The number of halogens is 1. The minimum atomic E-state index is -0.723. The van der Waals surface area contributed by atoms with Crippen molar-refractivity contribution >= 4 is 0 Å². The Bertz CT molecular complexity index is 606. The predicted molar refractivity (Wildman–Crippen MR) is 73.6 cm³/mol. The molecule has 3 rings (SSSR count). The number of aliphatic hydroxyl groups excluding tert-OH is 1. The Balaban J connectivity index is 1.75. The third-order valence-electron chi connectivity index (χ3n) is 3.98. The minimum Gasteiger partial charge on any atom is -0.388 e. The van der Waals surface area contributed by atoms with Crippen molar-refractivity contribution in [3.05, 3.63) is 70.5 Å². The summed E-state index contributed by atoms with van der Waals surface area (Å²) < 4.78 is 13.8. The summed E-state index contributed by atoms with van der Waals surface area (Å²) in [5.74, 6) is 0.0482. The quantitative estimate of drug-likeness (QED) is 0.883. The molecule has 0 bridgehead atoms. The molecule has 2 aromatic carbocycles. The van der Waals surface area contributed by atoms with Gasteiger partial charge in [-0.1, -0.05) is 36.4 Å². The number of fused-ring (bicyclic) bond motifs is 1. The molecule has 1 aliphatic rings. The van der Waals surface area contributed by atoms with Crippen LogP contribution >= 0.6 is 0 Å². The van der Waals surface area contributed by atoms with Crippen molar-refractivity contribution in [2.45, 2.75) is 31.8 Å². The summed E-state index contributed by atoms with van der Waals surface area (Å²) in [7, 11) is 0. The van der Waals surface area contributed by atoms with Gasteiger partial charge >= 0.3 is 0 Å². The maximum atomic E-state index is 13.8. The van der Waals surface area contributed by atoms with E-state index in [-0.39, 0.29) is 5.82 Å². The van der Waals surface area contributed by atoms with E-state index in [1.807, 2.05) is 25.1 Å². The second kappa shape index (κ2) is 4.78. The van der Waals surface area contributed by atoms with E-state index in [4.69, 9.17) is 0 Å². The van der Waals surface area contributed by atoms with Gasteiger partial charge in [-0.15, -0.1) is 0 Å². The molecule has 0 fully saturated rings. The molecule has 0 aromatic heterocycles. The zero-order valence-corrected chi connectivity index (χ0v) is 10.9. The molecule has 0 saturated carbocycles. The Kier molecular flexibility index (Phi) is 3.11. The molecule has 1 nitrogen and oxygen atoms in total. The van der Waals surface area contributed by atoms with Gasteiger partial charge in [-0.25, -0.2) is 4.39 Å². The summed E-state index contributed by atoms with van der Waals surface area (Å²) >= 11 is 0. The van der Waals surface area contributed by atoms with E-state index in [1.165, 1.54) is 17.2 Å². The molecule has 2 unspecified atom stereocenters. The third kappa shape index (κ3) is 2.28. The first kappa shape index (κ1) is 12.4. The van der Waals surface area contributed by atoms with Gasteiger partial charge < -0.3 is 5.11 Å². The Morgan fingerprint density at radius 1 is 1.26 bits per heavy atom. The Morgan fingerprint density at radius 2 is 2.05 bits per heavy atom. The lowest BCUT2D eigenvalue weighted by Gasteiger charge is -2.31. The first-order valence-corrected chi connectivity index (χ1v) is 6.67. The molecule has 0 spiro atoms. The molecule has 0 heterocycles. The summed E-state index contributed by atoms with van der Waals surface area (Å²) in [6.07, 6.45) is 0.858. The van der Waals surface area contributed by atoms with Gasteiger partial charge in [0.05, 0.1) is 6.10 Å². The highest BCUT2D eigenvalue weighted by atomic mass is 19.1. The van der Waals surface area contributed by atoms with Gasteiger partial charge in [-0.05, 0) is 48.4 Å². The first-order chi connectivity index (χ1) is 9.15. The fourth-order valence-corrected chi connectivity index (χ4v) is 2.87. The normalized spacial score (nSPS) is 18.6. The lowest BCUT2D eigenvalue weighted by molar-refractivity contribution is 0.149. The molecule has 2 aromatic rings. The standard InChI is InChI=1S/C17H17FO/c1-11-6-7-15(16(18)8-11)17(19)10-13-9-12-4-2-3-5-14(12)13/h2-8,13,17,19H,9-10H2,1H3. The molecular weight excluding hydrogens is 239 g/mol. The molecule has 2 heteroatoms. The molecule has 0 radical (unpaired) electrons. The zero-order valence-electron chi connectivity index (χ0n) is 10.9. The van der Waals surface area contributed by atoms with Crippen LogP contribution in [0.1, 0.15) is 40.7 Å². The van der Waals surface area contributed by atoms with Crippen LogP contribution in [-0.2, 0) is 6.42 Å². The van der Waals surface area contributed by atoms with E-state index < -0.39 is 6.10 Å². The Morgan fingerprint density at radius 3 is 2.79 bits per heavy atom. The van der Waals surface area contributed by atoms with Crippen LogP contribution in [-0.4, -0.2) is 5.11 Å². The fraction of sp³-hybridized carbons (Fsp3) is 0.294. The van der Waals surface area contributed by atoms with Crippen molar-refractivity contribution in [2.24, 2.45) is 0 Å². The largest absolute Gasteiger partial charge is 0.388 e. The summed E-state index contributed by atoms with van der Waals surface area (Å²) in [5, 5.41) is 10.2. The molecule has 98 valence electrons. The number of aliphatic hydroxyl groups is 1. The maximum Gasteiger partial charge on any atom is 0.129 e. The van der Waals surface area contributed by atoms with Gasteiger partial charge in [0.1, 0.15) is 5.82 Å². The van der Waals surface area contributed by atoms with Gasteiger partial charge in [-0.3, -0.25) is 0 Å². The van der Waals surface area contributed by atoms with E-state index in [9.17, 15) is 9.50 Å². The lowest BCUT2D eigenvalue weighted by Crippen LogP contribution is -2.19. The highest BCUT2D eigenvalue weighted by molar-refractivity contribution is 5.40. The fourth-order valence-electron chi connectivity index (χ4n) is 2.87. The number of rotatable bonds is 3. The predicted octanol–water partition coefficient (Wildman–Crippen LogP) is 3.90. The monoisotopic (exact) mass is 256 g/mol. The van der Waals surface area contributed by atoms with E-state index in [2.05, 4.69) is 12.1 Å². The maximum absolute atomic E-state index is 13.8. The number of hydrogen-bond acceptors (Lipinski definition) is 1. The van der Waals surface area contributed by atoms with Gasteiger partial charge in [-0.2, -0.15) is 0 Å². The van der Waals surface area contributed by atoms with Gasteiger partial charge in [0.15, 0.2) is 0 Å². The molecule has 1 N–H and O–H groups in total. The average molecular weight is 256 g/mol.